The second-order valence-electron chi connectivity index (χ2n) is 6.15. The van der Waals surface area contributed by atoms with Gasteiger partial charge in [0.1, 0.15) is 0 Å². The Balaban J connectivity index is 2.51. The summed E-state index contributed by atoms with van der Waals surface area (Å²) >= 11 is 0. The van der Waals surface area contributed by atoms with Crippen LogP contribution in [-0.2, 0) is 9.59 Å². The van der Waals surface area contributed by atoms with E-state index in [9.17, 15) is 9.59 Å². The average Bonchev–Trinajstić information content (AvgIpc) is 2.56. The van der Waals surface area contributed by atoms with E-state index in [0.29, 0.717) is 24.6 Å². The van der Waals surface area contributed by atoms with Crippen LogP contribution in [-0.4, -0.2) is 38.1 Å². The van der Waals surface area contributed by atoms with Gasteiger partial charge in [-0.2, -0.15) is 0 Å². The Kier molecular flexibility index (Phi) is 8.53. The molecule has 0 saturated heterocycles. The van der Waals surface area contributed by atoms with Crippen LogP contribution in [0.2, 0.25) is 0 Å². The van der Waals surface area contributed by atoms with Crippen LogP contribution in [0.4, 0.5) is 0 Å². The minimum absolute atomic E-state index is 0.0272. The quantitative estimate of drug-likeness (QED) is 0.531. The Hall–Kier alpha value is -2.50. The van der Waals surface area contributed by atoms with Gasteiger partial charge in [0.2, 0.25) is 11.8 Å². The summed E-state index contributed by atoms with van der Waals surface area (Å²) in [4.78, 5) is 23.2. The highest BCUT2D eigenvalue weighted by Gasteiger charge is 2.07. The number of benzene rings is 1. The van der Waals surface area contributed by atoms with Crippen molar-refractivity contribution in [2.45, 2.75) is 33.8 Å². The molecule has 1 aromatic rings. The molecule has 0 bridgehead atoms. The minimum atomic E-state index is -0.222. The highest BCUT2D eigenvalue weighted by molar-refractivity contribution is 5.91. The van der Waals surface area contributed by atoms with E-state index < -0.39 is 0 Å². The molecular formula is C19H28N2O4. The second-order valence-corrected chi connectivity index (χ2v) is 6.15. The van der Waals surface area contributed by atoms with Crippen molar-refractivity contribution in [3.05, 3.63) is 29.8 Å². The molecule has 0 aliphatic rings. The highest BCUT2D eigenvalue weighted by atomic mass is 16.5. The van der Waals surface area contributed by atoms with E-state index >= 15 is 0 Å². The molecule has 138 valence electrons. The molecule has 0 aromatic heterocycles. The van der Waals surface area contributed by atoms with Gasteiger partial charge in [0.15, 0.2) is 11.5 Å². The molecule has 25 heavy (non-hydrogen) atoms. The fraction of sp³-hybridized carbons (Fsp3) is 0.474. The molecule has 0 radical (unpaired) electrons. The topological polar surface area (TPSA) is 76.7 Å². The van der Waals surface area contributed by atoms with Crippen LogP contribution in [0, 0.1) is 5.92 Å². The number of nitrogens with one attached hydrogen (secondary N) is 2. The normalized spacial score (nSPS) is 11.0. The highest BCUT2D eigenvalue weighted by Crippen LogP contribution is 2.29. The smallest absolute Gasteiger partial charge is 0.244 e. The molecule has 0 unspecified atom stereocenters. The lowest BCUT2D eigenvalue weighted by atomic mass is 10.2. The van der Waals surface area contributed by atoms with Crippen LogP contribution in [0.1, 0.15) is 33.3 Å². The van der Waals surface area contributed by atoms with Crippen molar-refractivity contribution >= 4 is 17.9 Å². The number of ether oxygens (including phenoxy) is 2. The predicted octanol–water partition coefficient (Wildman–Crippen LogP) is 2.38. The van der Waals surface area contributed by atoms with Crippen LogP contribution in [0.5, 0.6) is 11.5 Å². The summed E-state index contributed by atoms with van der Waals surface area (Å²) in [6, 6.07) is 5.48. The Morgan fingerprint density at radius 3 is 2.36 bits per heavy atom. The zero-order valence-electron chi connectivity index (χ0n) is 15.6. The van der Waals surface area contributed by atoms with E-state index in [-0.39, 0.29) is 23.8 Å². The maximum atomic E-state index is 11.8. The van der Waals surface area contributed by atoms with Crippen molar-refractivity contribution in [3.8, 4) is 11.5 Å². The number of hydrogen-bond acceptors (Lipinski definition) is 4. The molecule has 2 N–H and O–H groups in total. The summed E-state index contributed by atoms with van der Waals surface area (Å²) in [6.07, 6.45) is 3.20. The first-order valence-electron chi connectivity index (χ1n) is 8.41. The Bertz CT molecular complexity index is 609. The van der Waals surface area contributed by atoms with E-state index in [1.54, 1.807) is 13.2 Å². The standard InChI is InChI=1S/C19H28N2O4/c1-13(2)19(23)21-11-10-20-18(22)9-7-15-6-8-16(25-14(3)4)17(12-15)24-5/h6-9,12-14H,10-11H2,1-5H3,(H,20,22)(H,21,23)/b9-7+. The summed E-state index contributed by atoms with van der Waals surface area (Å²) in [5.74, 6) is 0.974. The third-order valence-electron chi connectivity index (χ3n) is 3.23. The fourth-order valence-corrected chi connectivity index (χ4v) is 1.95. The van der Waals surface area contributed by atoms with Crippen molar-refractivity contribution in [2.24, 2.45) is 5.92 Å². The van der Waals surface area contributed by atoms with Crippen LogP contribution in [0.3, 0.4) is 0 Å². The van der Waals surface area contributed by atoms with Gasteiger partial charge in [0.25, 0.3) is 0 Å². The predicted molar refractivity (Wildman–Crippen MR) is 98.6 cm³/mol. The Morgan fingerprint density at radius 1 is 1.08 bits per heavy atom. The molecule has 6 nitrogen and oxygen atoms in total. The van der Waals surface area contributed by atoms with Crippen LogP contribution in [0.25, 0.3) is 6.08 Å². The number of hydrogen-bond donors (Lipinski definition) is 2. The van der Waals surface area contributed by atoms with Crippen LogP contribution >= 0.6 is 0 Å². The third kappa shape index (κ3) is 7.74. The average molecular weight is 348 g/mol. The number of rotatable bonds is 9. The summed E-state index contributed by atoms with van der Waals surface area (Å²) in [5.41, 5.74) is 0.830. The van der Waals surface area contributed by atoms with Gasteiger partial charge >= 0.3 is 0 Å². The lowest BCUT2D eigenvalue weighted by Crippen LogP contribution is -2.35. The van der Waals surface area contributed by atoms with Gasteiger partial charge in [0, 0.05) is 25.1 Å². The summed E-state index contributed by atoms with van der Waals surface area (Å²) in [7, 11) is 1.58. The zero-order chi connectivity index (χ0) is 18.8. The van der Waals surface area contributed by atoms with Crippen molar-refractivity contribution in [2.75, 3.05) is 20.2 Å². The lowest BCUT2D eigenvalue weighted by Gasteiger charge is -2.13. The molecule has 2 amide bonds. The third-order valence-corrected chi connectivity index (χ3v) is 3.23. The van der Waals surface area contributed by atoms with E-state index in [2.05, 4.69) is 10.6 Å². The van der Waals surface area contributed by atoms with Crippen molar-refractivity contribution in [1.82, 2.24) is 10.6 Å². The lowest BCUT2D eigenvalue weighted by molar-refractivity contribution is -0.124. The molecule has 0 aliphatic heterocycles. The van der Waals surface area contributed by atoms with Gasteiger partial charge in [0.05, 0.1) is 13.2 Å². The largest absolute Gasteiger partial charge is 0.493 e. The first-order chi connectivity index (χ1) is 11.8. The first kappa shape index (κ1) is 20.5. The SMILES string of the molecule is COc1cc(/C=C/C(=O)NCCNC(=O)C(C)C)ccc1OC(C)C. The summed E-state index contributed by atoms with van der Waals surface area (Å²) in [6.45, 7) is 8.32. The molecule has 0 atom stereocenters. The van der Waals surface area contributed by atoms with Gasteiger partial charge in [-0.15, -0.1) is 0 Å². The summed E-state index contributed by atoms with van der Waals surface area (Å²) in [5, 5.41) is 5.46. The van der Waals surface area contributed by atoms with E-state index in [1.165, 1.54) is 6.08 Å². The molecule has 0 saturated carbocycles. The molecule has 0 heterocycles. The van der Waals surface area contributed by atoms with Gasteiger partial charge in [-0.25, -0.2) is 0 Å². The Morgan fingerprint density at radius 2 is 1.76 bits per heavy atom. The number of amides is 2. The first-order valence-corrected chi connectivity index (χ1v) is 8.41. The van der Waals surface area contributed by atoms with E-state index in [0.717, 1.165) is 5.56 Å². The molecular weight excluding hydrogens is 320 g/mol. The van der Waals surface area contributed by atoms with Crippen molar-refractivity contribution in [3.63, 3.8) is 0 Å². The molecule has 0 spiro atoms. The maximum absolute atomic E-state index is 11.8. The zero-order valence-corrected chi connectivity index (χ0v) is 15.6. The number of methoxy groups -OCH3 is 1. The maximum Gasteiger partial charge on any atom is 0.244 e. The minimum Gasteiger partial charge on any atom is -0.493 e. The van der Waals surface area contributed by atoms with E-state index in [1.807, 2.05) is 45.9 Å². The molecule has 1 rings (SSSR count). The van der Waals surface area contributed by atoms with E-state index in [4.69, 9.17) is 9.47 Å². The molecule has 0 aliphatic carbocycles. The summed E-state index contributed by atoms with van der Waals surface area (Å²) < 4.78 is 11.0. The van der Waals surface area contributed by atoms with Gasteiger partial charge in [-0.05, 0) is 37.6 Å². The van der Waals surface area contributed by atoms with Crippen molar-refractivity contribution < 1.29 is 19.1 Å². The number of carbonyl (C=O) groups is 2. The molecule has 0 fully saturated rings. The monoisotopic (exact) mass is 348 g/mol. The fourth-order valence-electron chi connectivity index (χ4n) is 1.95. The van der Waals surface area contributed by atoms with Crippen LogP contribution in [0.15, 0.2) is 24.3 Å². The molecule has 1 aromatic carbocycles. The Labute approximate surface area is 149 Å². The van der Waals surface area contributed by atoms with Crippen molar-refractivity contribution in [1.29, 1.82) is 0 Å². The second kappa shape index (κ2) is 10.4. The number of carbonyl (C=O) groups excluding carboxylic acids is 2. The van der Waals surface area contributed by atoms with Crippen LogP contribution < -0.4 is 20.1 Å². The van der Waals surface area contributed by atoms with Gasteiger partial charge in [-0.1, -0.05) is 19.9 Å². The molecule has 6 heteroatoms. The van der Waals surface area contributed by atoms with Gasteiger partial charge < -0.3 is 20.1 Å². The van der Waals surface area contributed by atoms with Gasteiger partial charge in [-0.3, -0.25) is 9.59 Å².